The van der Waals surface area contributed by atoms with Crippen LogP contribution in [0.3, 0.4) is 0 Å². The Morgan fingerprint density at radius 3 is 1.89 bits per heavy atom. The Morgan fingerprint density at radius 2 is 1.50 bits per heavy atom. The average Bonchev–Trinajstić information content (AvgIpc) is 2.37. The molecule has 0 saturated heterocycles. The van der Waals surface area contributed by atoms with E-state index in [1.54, 1.807) is 0 Å². The van der Waals surface area contributed by atoms with Gasteiger partial charge in [0, 0.05) is 38.4 Å². The van der Waals surface area contributed by atoms with Gasteiger partial charge in [-0.2, -0.15) is 0 Å². The molecular weight excluding hydrogens is 228 g/mol. The molecule has 0 bridgehead atoms. The van der Waals surface area contributed by atoms with Crippen molar-refractivity contribution >= 4 is 0 Å². The zero-order valence-electron chi connectivity index (χ0n) is 12.9. The standard InChI is InChI=1S/C14H32N2O2/c1-6-17-10-8-16(9-11-18-7-2)14(4)12-13(3)15-5/h13-15H,6-12H2,1-5H3. The lowest BCUT2D eigenvalue weighted by Crippen LogP contribution is -2.41. The molecule has 0 amide bonds. The highest BCUT2D eigenvalue weighted by Crippen LogP contribution is 2.06. The Hall–Kier alpha value is -0.160. The molecule has 0 saturated carbocycles. The Labute approximate surface area is 113 Å². The third-order valence-electron chi connectivity index (χ3n) is 3.26. The summed E-state index contributed by atoms with van der Waals surface area (Å²) in [5.41, 5.74) is 0. The topological polar surface area (TPSA) is 33.7 Å². The fourth-order valence-electron chi connectivity index (χ4n) is 1.98. The van der Waals surface area contributed by atoms with Crippen LogP contribution in [-0.2, 0) is 9.47 Å². The maximum absolute atomic E-state index is 5.45. The molecule has 0 aliphatic carbocycles. The van der Waals surface area contributed by atoms with Crippen LogP contribution >= 0.6 is 0 Å². The van der Waals surface area contributed by atoms with Crippen molar-refractivity contribution in [2.45, 2.75) is 46.2 Å². The van der Waals surface area contributed by atoms with Gasteiger partial charge in [0.15, 0.2) is 0 Å². The molecule has 0 heterocycles. The first-order valence-corrected chi connectivity index (χ1v) is 7.22. The van der Waals surface area contributed by atoms with Crippen molar-refractivity contribution in [2.75, 3.05) is 46.6 Å². The minimum Gasteiger partial charge on any atom is -0.380 e. The van der Waals surface area contributed by atoms with Crippen LogP contribution < -0.4 is 5.32 Å². The van der Waals surface area contributed by atoms with Crippen LogP contribution in [-0.4, -0.2) is 63.5 Å². The predicted octanol–water partition coefficient (Wildman–Crippen LogP) is 1.75. The van der Waals surface area contributed by atoms with Gasteiger partial charge in [0.05, 0.1) is 13.2 Å². The van der Waals surface area contributed by atoms with Gasteiger partial charge >= 0.3 is 0 Å². The second-order valence-electron chi connectivity index (χ2n) is 4.70. The minimum atomic E-state index is 0.543. The lowest BCUT2D eigenvalue weighted by Gasteiger charge is -2.30. The van der Waals surface area contributed by atoms with Gasteiger partial charge in [0.2, 0.25) is 0 Å². The van der Waals surface area contributed by atoms with Gasteiger partial charge in [-0.25, -0.2) is 0 Å². The van der Waals surface area contributed by atoms with Crippen molar-refractivity contribution in [3.05, 3.63) is 0 Å². The number of hydrogen-bond acceptors (Lipinski definition) is 4. The summed E-state index contributed by atoms with van der Waals surface area (Å²) in [7, 11) is 2.02. The van der Waals surface area contributed by atoms with Gasteiger partial charge < -0.3 is 14.8 Å². The van der Waals surface area contributed by atoms with Crippen LogP contribution in [0.15, 0.2) is 0 Å². The van der Waals surface area contributed by atoms with Crippen LogP contribution in [0.1, 0.15) is 34.1 Å². The maximum Gasteiger partial charge on any atom is 0.0593 e. The van der Waals surface area contributed by atoms with Crippen molar-refractivity contribution in [3.63, 3.8) is 0 Å². The largest absolute Gasteiger partial charge is 0.380 e. The van der Waals surface area contributed by atoms with Gasteiger partial charge in [0.1, 0.15) is 0 Å². The summed E-state index contributed by atoms with van der Waals surface area (Å²) in [6.07, 6.45) is 1.15. The van der Waals surface area contributed by atoms with E-state index in [2.05, 4.69) is 24.1 Å². The molecule has 0 fully saturated rings. The summed E-state index contributed by atoms with van der Waals surface area (Å²) >= 11 is 0. The van der Waals surface area contributed by atoms with E-state index in [0.29, 0.717) is 12.1 Å². The fourth-order valence-corrected chi connectivity index (χ4v) is 1.98. The van der Waals surface area contributed by atoms with Crippen molar-refractivity contribution < 1.29 is 9.47 Å². The van der Waals surface area contributed by atoms with E-state index in [9.17, 15) is 0 Å². The number of nitrogens with zero attached hydrogens (tertiary/aromatic N) is 1. The molecule has 0 aliphatic rings. The second kappa shape index (κ2) is 11.9. The van der Waals surface area contributed by atoms with Gasteiger partial charge in [0.25, 0.3) is 0 Å². The summed E-state index contributed by atoms with van der Waals surface area (Å²) in [5, 5.41) is 3.30. The predicted molar refractivity (Wildman–Crippen MR) is 77.2 cm³/mol. The van der Waals surface area contributed by atoms with Gasteiger partial charge in [-0.3, -0.25) is 4.90 Å². The highest BCUT2D eigenvalue weighted by Gasteiger charge is 2.15. The minimum absolute atomic E-state index is 0.543. The smallest absolute Gasteiger partial charge is 0.0593 e. The van der Waals surface area contributed by atoms with Crippen LogP contribution in [0, 0.1) is 0 Å². The van der Waals surface area contributed by atoms with Crippen molar-refractivity contribution in [2.24, 2.45) is 0 Å². The molecule has 0 aliphatic heterocycles. The van der Waals surface area contributed by atoms with Gasteiger partial charge in [-0.15, -0.1) is 0 Å². The molecule has 18 heavy (non-hydrogen) atoms. The van der Waals surface area contributed by atoms with Crippen molar-refractivity contribution in [1.29, 1.82) is 0 Å². The average molecular weight is 260 g/mol. The zero-order chi connectivity index (χ0) is 13.8. The van der Waals surface area contributed by atoms with E-state index in [1.165, 1.54) is 0 Å². The van der Waals surface area contributed by atoms with Crippen molar-refractivity contribution in [3.8, 4) is 0 Å². The van der Waals surface area contributed by atoms with Crippen molar-refractivity contribution in [1.82, 2.24) is 10.2 Å². The molecule has 0 rings (SSSR count). The summed E-state index contributed by atoms with van der Waals surface area (Å²) in [5.74, 6) is 0. The molecule has 0 aromatic rings. The Morgan fingerprint density at radius 1 is 1.00 bits per heavy atom. The van der Waals surface area contributed by atoms with Gasteiger partial charge in [-0.1, -0.05) is 0 Å². The number of nitrogens with one attached hydrogen (secondary N) is 1. The monoisotopic (exact) mass is 260 g/mol. The van der Waals surface area contributed by atoms with Crippen LogP contribution in [0.4, 0.5) is 0 Å². The third-order valence-corrected chi connectivity index (χ3v) is 3.26. The number of ether oxygens (including phenoxy) is 2. The number of rotatable bonds is 12. The second-order valence-corrected chi connectivity index (χ2v) is 4.70. The SMILES string of the molecule is CCOCCN(CCOCC)C(C)CC(C)NC. The van der Waals surface area contributed by atoms with E-state index in [0.717, 1.165) is 45.9 Å². The molecule has 0 spiro atoms. The third kappa shape index (κ3) is 8.86. The highest BCUT2D eigenvalue weighted by atomic mass is 16.5. The highest BCUT2D eigenvalue weighted by molar-refractivity contribution is 4.72. The molecule has 4 heteroatoms. The van der Waals surface area contributed by atoms with E-state index in [4.69, 9.17) is 9.47 Å². The zero-order valence-corrected chi connectivity index (χ0v) is 12.9. The summed E-state index contributed by atoms with van der Waals surface area (Å²) in [6, 6.07) is 1.09. The maximum atomic E-state index is 5.45. The van der Waals surface area contributed by atoms with Crippen LogP contribution in [0.2, 0.25) is 0 Å². The fraction of sp³-hybridized carbons (Fsp3) is 1.00. The van der Waals surface area contributed by atoms with E-state index in [1.807, 2.05) is 20.9 Å². The molecule has 0 aromatic heterocycles. The van der Waals surface area contributed by atoms with E-state index < -0.39 is 0 Å². The normalized spacial score (nSPS) is 15.0. The molecule has 2 atom stereocenters. The van der Waals surface area contributed by atoms with Crippen LogP contribution in [0.5, 0.6) is 0 Å². The first-order chi connectivity index (χ1) is 8.65. The quantitative estimate of drug-likeness (QED) is 0.542. The lowest BCUT2D eigenvalue weighted by molar-refractivity contribution is 0.0626. The summed E-state index contributed by atoms with van der Waals surface area (Å²) < 4.78 is 10.9. The lowest BCUT2D eigenvalue weighted by atomic mass is 10.1. The Balaban J connectivity index is 4.06. The Kier molecular flexibility index (Phi) is 11.8. The summed E-state index contributed by atoms with van der Waals surface area (Å²) in [6.45, 7) is 13.7. The molecule has 2 unspecified atom stereocenters. The van der Waals surface area contributed by atoms with Crippen LogP contribution in [0.25, 0.3) is 0 Å². The first kappa shape index (κ1) is 17.8. The van der Waals surface area contributed by atoms with E-state index >= 15 is 0 Å². The molecule has 0 aromatic carbocycles. The van der Waals surface area contributed by atoms with Gasteiger partial charge in [-0.05, 0) is 41.2 Å². The first-order valence-electron chi connectivity index (χ1n) is 7.22. The summed E-state index contributed by atoms with van der Waals surface area (Å²) in [4.78, 5) is 2.46. The molecule has 0 radical (unpaired) electrons. The number of hydrogen-bond donors (Lipinski definition) is 1. The Bertz CT molecular complexity index is 169. The molecular formula is C14H32N2O2. The molecule has 4 nitrogen and oxygen atoms in total. The molecule has 110 valence electrons. The van der Waals surface area contributed by atoms with E-state index in [-0.39, 0.29) is 0 Å². The molecule has 1 N–H and O–H groups in total.